The highest BCUT2D eigenvalue weighted by Crippen LogP contribution is 2.14. The first kappa shape index (κ1) is 17.4. The topological polar surface area (TPSA) is 58.8 Å². The van der Waals surface area contributed by atoms with Crippen molar-refractivity contribution < 1.29 is 13.9 Å². The van der Waals surface area contributed by atoms with Crippen LogP contribution in [-0.4, -0.2) is 63.2 Å². The third kappa shape index (κ3) is 5.69. The largest absolute Gasteiger partial charge is 0.396 e. The van der Waals surface area contributed by atoms with E-state index in [0.29, 0.717) is 25.3 Å². The van der Waals surface area contributed by atoms with Gasteiger partial charge in [0.2, 0.25) is 0 Å². The summed E-state index contributed by atoms with van der Waals surface area (Å²) in [5, 5.41) is 0. The number of rotatable bonds is 8. The molecular formula is C15H24FN3O2. The Hall–Kier alpha value is -1.66. The monoisotopic (exact) mass is 297 g/mol. The maximum atomic E-state index is 13.2. The highest BCUT2D eigenvalue weighted by atomic mass is 19.1. The first-order chi connectivity index (χ1) is 9.95. The molecule has 5 nitrogen and oxygen atoms in total. The maximum Gasteiger partial charge on any atom is 0.254 e. The molecule has 0 radical (unpaired) electrons. The molecule has 6 heteroatoms. The zero-order valence-electron chi connectivity index (χ0n) is 12.9. The Kier molecular flexibility index (Phi) is 7.11. The van der Waals surface area contributed by atoms with Gasteiger partial charge in [0.05, 0.1) is 12.3 Å². The van der Waals surface area contributed by atoms with Crippen LogP contribution in [0.2, 0.25) is 0 Å². The molecule has 0 spiro atoms. The van der Waals surface area contributed by atoms with E-state index in [1.54, 1.807) is 12.0 Å². The lowest BCUT2D eigenvalue weighted by atomic mass is 10.1. The summed E-state index contributed by atoms with van der Waals surface area (Å²) in [6, 6.07) is 4.06. The van der Waals surface area contributed by atoms with Crippen molar-refractivity contribution in [2.45, 2.75) is 6.42 Å². The zero-order chi connectivity index (χ0) is 15.8. The maximum absolute atomic E-state index is 13.2. The van der Waals surface area contributed by atoms with Crippen LogP contribution >= 0.6 is 0 Å². The minimum atomic E-state index is -0.511. The van der Waals surface area contributed by atoms with Crippen molar-refractivity contribution in [1.82, 2.24) is 9.80 Å². The van der Waals surface area contributed by atoms with Crippen LogP contribution in [0.4, 0.5) is 10.1 Å². The predicted octanol–water partition coefficient (Wildman–Crippen LogP) is 1.45. The van der Waals surface area contributed by atoms with Crippen LogP contribution in [-0.2, 0) is 4.74 Å². The summed E-state index contributed by atoms with van der Waals surface area (Å²) in [4.78, 5) is 16.2. The number of halogens is 1. The van der Waals surface area contributed by atoms with E-state index in [4.69, 9.17) is 10.5 Å². The molecule has 1 amide bonds. The summed E-state index contributed by atoms with van der Waals surface area (Å²) in [6.45, 7) is 2.48. The van der Waals surface area contributed by atoms with Crippen molar-refractivity contribution >= 4 is 11.6 Å². The Balaban J connectivity index is 2.75. The molecule has 0 saturated carbocycles. The summed E-state index contributed by atoms with van der Waals surface area (Å²) in [7, 11) is 5.57. The minimum absolute atomic E-state index is 0.0131. The van der Waals surface area contributed by atoms with Gasteiger partial charge in [0, 0.05) is 25.8 Å². The van der Waals surface area contributed by atoms with Crippen LogP contribution in [0.1, 0.15) is 16.8 Å². The third-order valence-corrected chi connectivity index (χ3v) is 3.13. The number of carbonyl (C=O) groups is 1. The van der Waals surface area contributed by atoms with Crippen LogP contribution < -0.4 is 5.73 Å². The number of hydrogen-bond donors (Lipinski definition) is 1. The fourth-order valence-corrected chi connectivity index (χ4v) is 1.95. The average molecular weight is 297 g/mol. The second kappa shape index (κ2) is 8.59. The summed E-state index contributed by atoms with van der Waals surface area (Å²) >= 11 is 0. The average Bonchev–Trinajstić information content (AvgIpc) is 2.44. The number of ether oxygens (including phenoxy) is 1. The molecule has 0 aliphatic carbocycles. The number of nitrogens with two attached hydrogens (primary N) is 1. The van der Waals surface area contributed by atoms with Gasteiger partial charge >= 0.3 is 0 Å². The number of methoxy groups -OCH3 is 1. The molecule has 1 aromatic rings. The summed E-state index contributed by atoms with van der Waals surface area (Å²) in [5.41, 5.74) is 5.91. The van der Waals surface area contributed by atoms with Gasteiger partial charge in [-0.25, -0.2) is 4.39 Å². The van der Waals surface area contributed by atoms with Crippen molar-refractivity contribution in [2.75, 3.05) is 53.2 Å². The Bertz CT molecular complexity index is 466. The lowest BCUT2D eigenvalue weighted by molar-refractivity contribution is 0.0689. The molecule has 0 unspecified atom stereocenters. The van der Waals surface area contributed by atoms with Gasteiger partial charge in [0.25, 0.3) is 5.91 Å². The van der Waals surface area contributed by atoms with E-state index in [-0.39, 0.29) is 11.6 Å². The highest BCUT2D eigenvalue weighted by molar-refractivity contribution is 5.95. The van der Waals surface area contributed by atoms with Gasteiger partial charge in [-0.2, -0.15) is 0 Å². The smallest absolute Gasteiger partial charge is 0.254 e. The van der Waals surface area contributed by atoms with Gasteiger partial charge in [-0.05, 0) is 45.3 Å². The summed E-state index contributed by atoms with van der Waals surface area (Å²) in [6.07, 6.45) is 0.860. The van der Waals surface area contributed by atoms with Crippen LogP contribution in [0.15, 0.2) is 18.2 Å². The number of carbonyl (C=O) groups excluding carboxylic acids is 1. The van der Waals surface area contributed by atoms with Crippen LogP contribution in [0.25, 0.3) is 0 Å². The van der Waals surface area contributed by atoms with E-state index in [0.717, 1.165) is 13.0 Å². The van der Waals surface area contributed by atoms with Crippen molar-refractivity contribution in [2.24, 2.45) is 0 Å². The van der Waals surface area contributed by atoms with E-state index in [2.05, 4.69) is 4.90 Å². The van der Waals surface area contributed by atoms with Crippen molar-refractivity contribution in [3.63, 3.8) is 0 Å². The number of hydrogen-bond acceptors (Lipinski definition) is 4. The number of nitrogens with zero attached hydrogens (tertiary/aromatic N) is 2. The minimum Gasteiger partial charge on any atom is -0.396 e. The number of anilines is 1. The molecule has 0 aliphatic rings. The van der Waals surface area contributed by atoms with Crippen molar-refractivity contribution in [1.29, 1.82) is 0 Å². The molecule has 0 fully saturated rings. The Morgan fingerprint density at radius 1 is 1.29 bits per heavy atom. The van der Waals surface area contributed by atoms with Gasteiger partial charge in [0.1, 0.15) is 5.82 Å². The van der Waals surface area contributed by atoms with E-state index in [9.17, 15) is 9.18 Å². The molecule has 0 bridgehead atoms. The molecule has 2 N–H and O–H groups in total. The molecule has 0 heterocycles. The lowest BCUT2D eigenvalue weighted by Gasteiger charge is -2.23. The predicted molar refractivity (Wildman–Crippen MR) is 81.8 cm³/mol. The Morgan fingerprint density at radius 3 is 2.57 bits per heavy atom. The molecule has 1 aromatic carbocycles. The molecule has 0 aliphatic heterocycles. The van der Waals surface area contributed by atoms with Crippen molar-refractivity contribution in [3.05, 3.63) is 29.6 Å². The number of amides is 1. The Labute approximate surface area is 125 Å². The molecule has 0 atom stereocenters. The Morgan fingerprint density at radius 2 is 2.00 bits per heavy atom. The third-order valence-electron chi connectivity index (χ3n) is 3.13. The lowest BCUT2D eigenvalue weighted by Crippen LogP contribution is -2.36. The van der Waals surface area contributed by atoms with Crippen LogP contribution in [0.5, 0.6) is 0 Å². The van der Waals surface area contributed by atoms with Gasteiger partial charge in [-0.15, -0.1) is 0 Å². The first-order valence-corrected chi connectivity index (χ1v) is 6.93. The van der Waals surface area contributed by atoms with E-state index < -0.39 is 5.82 Å². The van der Waals surface area contributed by atoms with Crippen LogP contribution in [0, 0.1) is 5.82 Å². The molecule has 0 saturated heterocycles. The molecular weight excluding hydrogens is 273 g/mol. The van der Waals surface area contributed by atoms with E-state index in [1.807, 2.05) is 14.1 Å². The zero-order valence-corrected chi connectivity index (χ0v) is 12.9. The second-order valence-corrected chi connectivity index (χ2v) is 5.18. The molecule has 1 rings (SSSR count). The van der Waals surface area contributed by atoms with E-state index in [1.165, 1.54) is 18.2 Å². The summed E-state index contributed by atoms with van der Waals surface area (Å²) in [5.74, 6) is -0.667. The molecule has 0 aromatic heterocycles. The number of nitrogen functional groups attached to an aromatic ring is 1. The van der Waals surface area contributed by atoms with Gasteiger partial charge in [0.15, 0.2) is 0 Å². The normalized spacial score (nSPS) is 10.9. The molecule has 118 valence electrons. The van der Waals surface area contributed by atoms with Gasteiger partial charge in [-0.1, -0.05) is 0 Å². The standard InChI is InChI=1S/C15H24FN3O2/c1-18(2)7-4-8-19(9-10-21-3)15(20)12-5-6-13(16)14(17)11-12/h5-6,11H,4,7-10,17H2,1-3H3. The fourth-order valence-electron chi connectivity index (χ4n) is 1.95. The molecule has 21 heavy (non-hydrogen) atoms. The van der Waals surface area contributed by atoms with Gasteiger partial charge in [-0.3, -0.25) is 4.79 Å². The highest BCUT2D eigenvalue weighted by Gasteiger charge is 2.16. The first-order valence-electron chi connectivity index (χ1n) is 6.93. The van der Waals surface area contributed by atoms with Crippen LogP contribution in [0.3, 0.4) is 0 Å². The fraction of sp³-hybridized carbons (Fsp3) is 0.533. The van der Waals surface area contributed by atoms with Gasteiger partial charge < -0.3 is 20.3 Å². The second-order valence-electron chi connectivity index (χ2n) is 5.18. The quantitative estimate of drug-likeness (QED) is 0.738. The number of benzene rings is 1. The van der Waals surface area contributed by atoms with E-state index >= 15 is 0 Å². The summed E-state index contributed by atoms with van der Waals surface area (Å²) < 4.78 is 18.2. The SMILES string of the molecule is COCCN(CCCN(C)C)C(=O)c1ccc(F)c(N)c1. The van der Waals surface area contributed by atoms with Crippen molar-refractivity contribution in [3.8, 4) is 0 Å².